The van der Waals surface area contributed by atoms with Crippen LogP contribution >= 0.6 is 0 Å². The number of aliphatic hydroxyl groups is 1. The lowest BCUT2D eigenvalue weighted by atomic mass is 9.79. The molecular formula is C19H29NO3. The van der Waals surface area contributed by atoms with Crippen LogP contribution in [0.15, 0.2) is 12.1 Å². The van der Waals surface area contributed by atoms with Gasteiger partial charge in [0.1, 0.15) is 0 Å². The summed E-state index contributed by atoms with van der Waals surface area (Å²) in [4.78, 5) is 0.848. The van der Waals surface area contributed by atoms with Gasteiger partial charge in [-0.25, -0.2) is 0 Å². The number of hydrogen-bond acceptors (Lipinski definition) is 4. The van der Waals surface area contributed by atoms with Crippen molar-refractivity contribution < 1.29 is 32.4 Å². The van der Waals surface area contributed by atoms with Crippen LogP contribution in [0.1, 0.15) is 61.6 Å². The number of rotatable bonds is 4. The van der Waals surface area contributed by atoms with Crippen molar-refractivity contribution in [3.8, 4) is 11.5 Å². The van der Waals surface area contributed by atoms with E-state index in [1.165, 1.54) is 0 Å². The molecule has 2 aliphatic rings. The highest BCUT2D eigenvalue weighted by Gasteiger charge is 2.38. The molecule has 0 radical (unpaired) electrons. The molecule has 0 unspecified atom stereocenters. The van der Waals surface area contributed by atoms with Gasteiger partial charge in [-0.3, -0.25) is 4.90 Å². The quantitative estimate of drug-likeness (QED) is 0.920. The minimum absolute atomic E-state index is 0.00159. The summed E-state index contributed by atoms with van der Waals surface area (Å²) in [6.45, 7) is 0.0838. The summed E-state index contributed by atoms with van der Waals surface area (Å²) in [5, 5.41) is 11.0. The number of piperidine rings is 1. The molecule has 0 saturated carbocycles. The van der Waals surface area contributed by atoms with E-state index in [1.807, 2.05) is 0 Å². The average Bonchev–Trinajstić information content (AvgIpc) is 2.63. The lowest BCUT2D eigenvalue weighted by molar-refractivity contribution is -0.0191. The number of ether oxygens (including phenoxy) is 2. The van der Waals surface area contributed by atoms with E-state index < -0.39 is 75.0 Å². The minimum Gasteiger partial charge on any atom is -0.493 e. The summed E-state index contributed by atoms with van der Waals surface area (Å²) in [6.07, 6.45) is -7.49. The van der Waals surface area contributed by atoms with Gasteiger partial charge in [-0.05, 0) is 54.2 Å². The van der Waals surface area contributed by atoms with E-state index in [9.17, 15) is 5.11 Å². The van der Waals surface area contributed by atoms with Gasteiger partial charge in [0.15, 0.2) is 11.5 Å². The van der Waals surface area contributed by atoms with Crippen molar-refractivity contribution in [1.29, 1.82) is 0 Å². The summed E-state index contributed by atoms with van der Waals surface area (Å²) >= 11 is 0. The fourth-order valence-corrected chi connectivity index (χ4v) is 3.02. The van der Waals surface area contributed by atoms with E-state index in [4.69, 9.17) is 27.3 Å². The van der Waals surface area contributed by atoms with E-state index >= 15 is 0 Å². The van der Waals surface area contributed by atoms with Crippen molar-refractivity contribution in [1.82, 2.24) is 4.90 Å². The van der Waals surface area contributed by atoms with Crippen LogP contribution in [0.2, 0.25) is 0 Å². The minimum atomic E-state index is -3.09. The maximum atomic E-state index is 11.0. The first-order valence-corrected chi connectivity index (χ1v) is 7.45. The van der Waals surface area contributed by atoms with Gasteiger partial charge in [0.25, 0.3) is 0 Å². The maximum absolute atomic E-state index is 11.0. The van der Waals surface area contributed by atoms with Crippen LogP contribution < -0.4 is 9.47 Å². The first kappa shape index (κ1) is 6.93. The molecule has 0 spiro atoms. The first-order chi connectivity index (χ1) is 15.9. The molecule has 3 rings (SSSR count). The Kier molecular flexibility index (Phi) is 2.02. The van der Waals surface area contributed by atoms with Crippen LogP contribution in [0.25, 0.3) is 0 Å². The first-order valence-electron chi connectivity index (χ1n) is 14.0. The highest BCUT2D eigenvalue weighted by atomic mass is 16.5. The SMILES string of the molecule is [2H]C([2H])([2H])Oc1cc2c(cc1OC([2H])([2H])[2H])C([2H])([2H])C([2H])([2H])N1C[C@]([2H])(CC(C)C)[C@H](O)C([2H])([2H])[C@@H]21. The van der Waals surface area contributed by atoms with E-state index in [0.717, 1.165) is 17.0 Å². The lowest BCUT2D eigenvalue weighted by Crippen LogP contribution is -2.48. The van der Waals surface area contributed by atoms with Gasteiger partial charge in [0, 0.05) is 28.7 Å². The molecule has 2 heterocycles. The molecule has 4 nitrogen and oxygen atoms in total. The van der Waals surface area contributed by atoms with Crippen LogP contribution in [0.5, 0.6) is 11.5 Å². The zero-order valence-electron chi connectivity index (χ0n) is 26.0. The Morgan fingerprint density at radius 2 is 2.13 bits per heavy atom. The Hall–Kier alpha value is -1.26. The molecule has 0 aromatic heterocycles. The van der Waals surface area contributed by atoms with Crippen LogP contribution in [-0.2, 0) is 6.37 Å². The number of aryl methyl sites for hydroxylation is 1. The molecule has 23 heavy (non-hydrogen) atoms. The van der Waals surface area contributed by atoms with Gasteiger partial charge >= 0.3 is 0 Å². The number of nitrogens with zero attached hydrogens (tertiary/aromatic N) is 1. The molecular weight excluding hydrogens is 290 g/mol. The summed E-state index contributed by atoms with van der Waals surface area (Å²) in [5.74, 6) is -3.37. The molecule has 3 atom stereocenters. The number of hydrogen-bond donors (Lipinski definition) is 1. The molecule has 1 fully saturated rings. The van der Waals surface area contributed by atoms with E-state index in [1.54, 1.807) is 13.8 Å². The van der Waals surface area contributed by atoms with Crippen LogP contribution in [0.3, 0.4) is 0 Å². The predicted molar refractivity (Wildman–Crippen MR) is 91.1 cm³/mol. The zero-order valence-corrected chi connectivity index (χ0v) is 13.0. The van der Waals surface area contributed by atoms with Gasteiger partial charge in [-0.1, -0.05) is 13.8 Å². The van der Waals surface area contributed by atoms with Crippen molar-refractivity contribution in [3.63, 3.8) is 0 Å². The third-order valence-electron chi connectivity index (χ3n) is 4.02. The summed E-state index contributed by atoms with van der Waals surface area (Å²) < 4.78 is 115. The van der Waals surface area contributed by atoms with Crippen molar-refractivity contribution >= 4 is 0 Å². The Labute approximate surface area is 157 Å². The molecule has 0 amide bonds. The van der Waals surface area contributed by atoms with Gasteiger partial charge in [-0.2, -0.15) is 0 Å². The van der Waals surface area contributed by atoms with Gasteiger partial charge in [0.2, 0.25) is 0 Å². The Morgan fingerprint density at radius 3 is 2.83 bits per heavy atom. The van der Waals surface area contributed by atoms with Gasteiger partial charge < -0.3 is 14.6 Å². The molecule has 1 aromatic rings. The fraction of sp³-hybridized carbons (Fsp3) is 0.684. The Balaban J connectivity index is 2.32. The van der Waals surface area contributed by atoms with Gasteiger partial charge in [0.05, 0.1) is 28.4 Å². The molecule has 1 aromatic carbocycles. The van der Waals surface area contributed by atoms with E-state index in [2.05, 4.69) is 0 Å². The molecule has 0 aliphatic carbocycles. The molecule has 4 heteroatoms. The number of aliphatic hydroxyl groups excluding tert-OH is 1. The number of fused-ring (bicyclic) bond motifs is 3. The van der Waals surface area contributed by atoms with Crippen LogP contribution in [-0.4, -0.2) is 43.2 Å². The van der Waals surface area contributed by atoms with E-state index in [0.29, 0.717) is 0 Å². The number of benzene rings is 1. The molecule has 2 aliphatic heterocycles. The monoisotopic (exact) mass is 332 g/mol. The highest BCUT2D eigenvalue weighted by molar-refractivity contribution is 5.49. The van der Waals surface area contributed by atoms with Crippen molar-refractivity contribution in [3.05, 3.63) is 23.3 Å². The Bertz CT molecular complexity index is 1010. The molecule has 0 bridgehead atoms. The smallest absolute Gasteiger partial charge is 0.161 e. The zero-order chi connectivity index (χ0) is 27.9. The number of methoxy groups -OCH3 is 2. The highest BCUT2D eigenvalue weighted by Crippen LogP contribution is 2.43. The van der Waals surface area contributed by atoms with Crippen molar-refractivity contribution in [2.45, 2.75) is 45.2 Å². The van der Waals surface area contributed by atoms with Crippen molar-refractivity contribution in [2.24, 2.45) is 11.8 Å². The summed E-state index contributed by atoms with van der Waals surface area (Å²) in [7, 11) is -6.17. The van der Waals surface area contributed by atoms with Crippen molar-refractivity contribution in [2.75, 3.05) is 27.1 Å². The average molecular weight is 333 g/mol. The summed E-state index contributed by atoms with van der Waals surface area (Å²) in [5.41, 5.74) is -0.730. The van der Waals surface area contributed by atoms with Gasteiger partial charge in [-0.15, -0.1) is 0 Å². The second-order valence-electron chi connectivity index (χ2n) is 6.18. The normalized spacial score (nSPS) is 46.7. The third kappa shape index (κ3) is 3.20. The lowest BCUT2D eigenvalue weighted by Gasteiger charge is -2.46. The molecule has 1 N–H and O–H groups in total. The molecule has 128 valence electrons. The van der Waals surface area contributed by atoms with Crippen LogP contribution in [0.4, 0.5) is 0 Å². The summed E-state index contributed by atoms with van der Waals surface area (Å²) in [6, 6.07) is 0.0573. The standard InChI is InChI=1S/C19H29NO3/c1-12(2)7-14-11-20-6-5-13-8-18(22-3)19(23-4)9-15(13)16(20)10-17(14)21/h8-9,12,14,16-17,21H,5-7,10-11H2,1-4H3/t14-,16-,17+/m0/s1/i3D3,4D3,5D2,6D2,10D2,14D. The maximum Gasteiger partial charge on any atom is 0.161 e. The molecule has 1 saturated heterocycles. The second kappa shape index (κ2) is 6.70. The third-order valence-corrected chi connectivity index (χ3v) is 4.02. The van der Waals surface area contributed by atoms with Crippen LogP contribution in [0, 0.1) is 11.8 Å². The topological polar surface area (TPSA) is 41.9 Å². The Morgan fingerprint density at radius 1 is 1.39 bits per heavy atom. The fourth-order valence-electron chi connectivity index (χ4n) is 3.02. The largest absolute Gasteiger partial charge is 0.493 e. The predicted octanol–water partition coefficient (Wildman–Crippen LogP) is 3.03. The second-order valence-corrected chi connectivity index (χ2v) is 6.18. The van der Waals surface area contributed by atoms with E-state index in [-0.39, 0.29) is 17.9 Å².